The molecule has 29 heavy (non-hydrogen) atoms. The number of rotatable bonds is 6. The third kappa shape index (κ3) is 4.72. The summed E-state index contributed by atoms with van der Waals surface area (Å²) >= 11 is 1.42. The maximum atomic E-state index is 12.6. The van der Waals surface area contributed by atoms with Gasteiger partial charge in [-0.05, 0) is 49.8 Å². The van der Waals surface area contributed by atoms with Gasteiger partial charge in [0.1, 0.15) is 5.75 Å². The van der Waals surface area contributed by atoms with Crippen LogP contribution in [0.5, 0.6) is 5.75 Å². The Labute approximate surface area is 172 Å². The normalized spacial score (nSPS) is 11.0. The number of hydrogen-bond acceptors (Lipinski definition) is 6. The summed E-state index contributed by atoms with van der Waals surface area (Å²) in [6.07, 6.45) is 3.20. The molecule has 148 valence electrons. The van der Waals surface area contributed by atoms with Crippen LogP contribution in [-0.4, -0.2) is 27.7 Å². The van der Waals surface area contributed by atoms with Crippen LogP contribution in [0.3, 0.4) is 0 Å². The number of hydrogen-bond donors (Lipinski definition) is 0. The Hall–Kier alpha value is -3.39. The first-order valence-corrected chi connectivity index (χ1v) is 9.55. The molecule has 0 spiro atoms. The Kier molecular flexibility index (Phi) is 6.13. The van der Waals surface area contributed by atoms with Gasteiger partial charge in [-0.3, -0.25) is 14.9 Å². The van der Waals surface area contributed by atoms with Crippen molar-refractivity contribution < 1.29 is 14.5 Å². The maximum Gasteiger partial charge on any atom is 0.271 e. The molecule has 0 bridgehead atoms. The van der Waals surface area contributed by atoms with Crippen LogP contribution in [0.1, 0.15) is 21.7 Å². The minimum atomic E-state index is -0.434. The van der Waals surface area contributed by atoms with E-state index in [2.05, 4.69) is 5.10 Å². The maximum absolute atomic E-state index is 12.6. The molecule has 0 atom stereocenters. The third-order valence-electron chi connectivity index (χ3n) is 4.24. The highest BCUT2D eigenvalue weighted by atomic mass is 32.2. The van der Waals surface area contributed by atoms with Crippen LogP contribution >= 0.6 is 11.8 Å². The zero-order chi connectivity index (χ0) is 21.0. The lowest BCUT2D eigenvalue weighted by atomic mass is 10.2. The van der Waals surface area contributed by atoms with Gasteiger partial charge in [0, 0.05) is 23.1 Å². The predicted octanol–water partition coefficient (Wildman–Crippen LogP) is 4.92. The molecule has 3 aromatic rings. The predicted molar refractivity (Wildman–Crippen MR) is 112 cm³/mol. The van der Waals surface area contributed by atoms with Gasteiger partial charge in [-0.25, -0.2) is 4.68 Å². The highest BCUT2D eigenvalue weighted by molar-refractivity contribution is 7.99. The van der Waals surface area contributed by atoms with Gasteiger partial charge >= 0.3 is 0 Å². The van der Waals surface area contributed by atoms with Crippen molar-refractivity contribution in [3.63, 3.8) is 0 Å². The fourth-order valence-electron chi connectivity index (χ4n) is 2.70. The highest BCUT2D eigenvalue weighted by Crippen LogP contribution is 2.33. The monoisotopic (exact) mass is 409 g/mol. The van der Waals surface area contributed by atoms with Crippen molar-refractivity contribution in [1.29, 1.82) is 0 Å². The standard InChI is InChI=1S/C21H19N3O4S/c1-14-21(29-19-11-7-17(8-12-19)24(26)27)15(2)23(22-14)20(25)13-6-16-4-9-18(28-3)10-5-16/h4-13H,1-3H3. The van der Waals surface area contributed by atoms with Crippen molar-refractivity contribution >= 4 is 29.4 Å². The van der Waals surface area contributed by atoms with E-state index in [1.54, 1.807) is 25.3 Å². The van der Waals surface area contributed by atoms with Gasteiger partial charge in [0.2, 0.25) is 0 Å². The summed E-state index contributed by atoms with van der Waals surface area (Å²) in [6, 6.07) is 13.7. The number of benzene rings is 2. The summed E-state index contributed by atoms with van der Waals surface area (Å²) in [5.41, 5.74) is 2.35. The van der Waals surface area contributed by atoms with Gasteiger partial charge in [-0.15, -0.1) is 0 Å². The van der Waals surface area contributed by atoms with Crippen LogP contribution in [0.15, 0.2) is 64.4 Å². The molecule has 0 amide bonds. The van der Waals surface area contributed by atoms with Gasteiger partial charge in [0.05, 0.1) is 28.3 Å². The van der Waals surface area contributed by atoms with Gasteiger partial charge in [-0.1, -0.05) is 23.9 Å². The molecule has 0 radical (unpaired) electrons. The van der Waals surface area contributed by atoms with E-state index in [0.717, 1.165) is 32.5 Å². The first-order chi connectivity index (χ1) is 13.9. The molecule has 7 nitrogen and oxygen atoms in total. The number of aryl methyl sites for hydroxylation is 1. The lowest BCUT2D eigenvalue weighted by Gasteiger charge is -2.03. The number of carbonyl (C=O) groups excluding carboxylic acids is 1. The van der Waals surface area contributed by atoms with Crippen molar-refractivity contribution in [2.75, 3.05) is 7.11 Å². The van der Waals surface area contributed by atoms with Crippen LogP contribution in [0.4, 0.5) is 5.69 Å². The average molecular weight is 409 g/mol. The topological polar surface area (TPSA) is 87.3 Å². The second-order valence-corrected chi connectivity index (χ2v) is 7.29. The Morgan fingerprint density at radius 1 is 1.14 bits per heavy atom. The van der Waals surface area contributed by atoms with E-state index in [-0.39, 0.29) is 11.6 Å². The van der Waals surface area contributed by atoms with Crippen LogP contribution in [0.2, 0.25) is 0 Å². The molecule has 3 rings (SSSR count). The van der Waals surface area contributed by atoms with E-state index < -0.39 is 4.92 Å². The molecule has 1 heterocycles. The Morgan fingerprint density at radius 2 is 1.79 bits per heavy atom. The van der Waals surface area contributed by atoms with Crippen LogP contribution in [0, 0.1) is 24.0 Å². The Bertz CT molecular complexity index is 1070. The van der Waals surface area contributed by atoms with Crippen LogP contribution < -0.4 is 4.74 Å². The number of methoxy groups -OCH3 is 1. The zero-order valence-corrected chi connectivity index (χ0v) is 17.0. The molecule has 0 aliphatic carbocycles. The SMILES string of the molecule is COc1ccc(C=CC(=O)n2nc(C)c(Sc3ccc([N+](=O)[O-])cc3)c2C)cc1. The third-order valence-corrected chi connectivity index (χ3v) is 5.54. The fraction of sp³-hybridized carbons (Fsp3) is 0.143. The number of allylic oxidation sites excluding steroid dienone is 1. The first-order valence-electron chi connectivity index (χ1n) is 8.74. The summed E-state index contributed by atoms with van der Waals surface area (Å²) in [6.45, 7) is 3.66. The minimum absolute atomic E-state index is 0.0392. The number of ether oxygens (including phenoxy) is 1. The first kappa shape index (κ1) is 20.3. The number of nitro groups is 1. The molecule has 0 saturated heterocycles. The van der Waals surface area contributed by atoms with Gasteiger partial charge in [0.15, 0.2) is 0 Å². The molecule has 0 aliphatic rings. The molecule has 0 unspecified atom stereocenters. The Balaban J connectivity index is 1.77. The molecule has 0 saturated carbocycles. The second kappa shape index (κ2) is 8.74. The summed E-state index contributed by atoms with van der Waals surface area (Å²) in [4.78, 5) is 24.6. The fourth-order valence-corrected chi connectivity index (χ4v) is 3.63. The number of non-ortho nitro benzene ring substituents is 1. The lowest BCUT2D eigenvalue weighted by Crippen LogP contribution is -2.11. The van der Waals surface area contributed by atoms with E-state index >= 15 is 0 Å². The van der Waals surface area contributed by atoms with Crippen molar-refractivity contribution in [3.05, 3.63) is 81.7 Å². The molecule has 2 aromatic carbocycles. The molecule has 0 aliphatic heterocycles. The van der Waals surface area contributed by atoms with E-state index in [4.69, 9.17) is 4.74 Å². The highest BCUT2D eigenvalue weighted by Gasteiger charge is 2.16. The summed E-state index contributed by atoms with van der Waals surface area (Å²) in [7, 11) is 1.60. The zero-order valence-electron chi connectivity index (χ0n) is 16.2. The molecule has 8 heteroatoms. The number of carbonyl (C=O) groups is 1. The van der Waals surface area contributed by atoms with Gasteiger partial charge in [-0.2, -0.15) is 5.10 Å². The lowest BCUT2D eigenvalue weighted by molar-refractivity contribution is -0.384. The molecule has 0 fully saturated rings. The van der Waals surface area contributed by atoms with Crippen molar-refractivity contribution in [1.82, 2.24) is 9.78 Å². The van der Waals surface area contributed by atoms with E-state index in [1.165, 1.54) is 34.7 Å². The second-order valence-electron chi connectivity index (χ2n) is 6.21. The van der Waals surface area contributed by atoms with Crippen molar-refractivity contribution in [2.24, 2.45) is 0 Å². The summed E-state index contributed by atoms with van der Waals surface area (Å²) in [5.74, 6) is 0.497. The average Bonchev–Trinajstić information content (AvgIpc) is 3.01. The summed E-state index contributed by atoms with van der Waals surface area (Å²) < 4.78 is 6.49. The van der Waals surface area contributed by atoms with Crippen LogP contribution in [-0.2, 0) is 0 Å². The van der Waals surface area contributed by atoms with Crippen LogP contribution in [0.25, 0.3) is 6.08 Å². The van der Waals surface area contributed by atoms with Gasteiger partial charge in [0.25, 0.3) is 11.6 Å². The quantitative estimate of drug-likeness (QED) is 0.326. The van der Waals surface area contributed by atoms with E-state index in [1.807, 2.05) is 38.1 Å². The molecule has 1 aromatic heterocycles. The van der Waals surface area contributed by atoms with E-state index in [9.17, 15) is 14.9 Å². The van der Waals surface area contributed by atoms with E-state index in [0.29, 0.717) is 0 Å². The largest absolute Gasteiger partial charge is 0.497 e. The smallest absolute Gasteiger partial charge is 0.271 e. The Morgan fingerprint density at radius 3 is 2.38 bits per heavy atom. The molecular formula is C21H19N3O4S. The molecule has 0 N–H and O–H groups in total. The van der Waals surface area contributed by atoms with Crippen molar-refractivity contribution in [2.45, 2.75) is 23.6 Å². The van der Waals surface area contributed by atoms with Gasteiger partial charge < -0.3 is 4.74 Å². The number of nitro benzene ring substituents is 1. The number of aromatic nitrogens is 2. The van der Waals surface area contributed by atoms with Crippen molar-refractivity contribution in [3.8, 4) is 5.75 Å². The summed E-state index contributed by atoms with van der Waals surface area (Å²) in [5, 5.41) is 15.1. The molecular weight excluding hydrogens is 390 g/mol. The number of nitrogens with zero attached hydrogens (tertiary/aromatic N) is 3. The minimum Gasteiger partial charge on any atom is -0.497 e.